The number of nitro groups is 1. The van der Waals surface area contributed by atoms with E-state index in [1.54, 1.807) is 30.3 Å². The van der Waals surface area contributed by atoms with Gasteiger partial charge in [0.25, 0.3) is 11.2 Å². The van der Waals surface area contributed by atoms with Gasteiger partial charge in [0.05, 0.1) is 26.9 Å². The van der Waals surface area contributed by atoms with Gasteiger partial charge in [-0.3, -0.25) is 20.0 Å². The average molecular weight is 487 g/mol. The SMILES string of the molecule is O=c1c(N=Nc2ccc(S(=O)(=O)[O-])cc2)c(-c2ccc([N+](=O)[O-])cc2)[nH]n1-c1ccccc1.[Na+]. The molecule has 0 atom stereocenters. The molecule has 34 heavy (non-hydrogen) atoms. The van der Waals surface area contributed by atoms with Crippen LogP contribution in [0.2, 0.25) is 0 Å². The van der Waals surface area contributed by atoms with Gasteiger partial charge in [-0.2, -0.15) is 5.11 Å². The van der Waals surface area contributed by atoms with Crippen LogP contribution < -0.4 is 35.1 Å². The maximum Gasteiger partial charge on any atom is 1.00 e. The van der Waals surface area contributed by atoms with Crippen LogP contribution >= 0.6 is 0 Å². The number of aromatic amines is 1. The predicted molar refractivity (Wildman–Crippen MR) is 117 cm³/mol. The van der Waals surface area contributed by atoms with E-state index in [9.17, 15) is 27.9 Å². The Morgan fingerprint density at radius 3 is 2.06 bits per heavy atom. The van der Waals surface area contributed by atoms with E-state index in [0.717, 1.165) is 12.1 Å². The number of aromatic nitrogens is 2. The summed E-state index contributed by atoms with van der Waals surface area (Å²) in [7, 11) is -4.60. The van der Waals surface area contributed by atoms with Crippen LogP contribution in [-0.4, -0.2) is 27.7 Å². The minimum Gasteiger partial charge on any atom is -0.744 e. The Balaban J connectivity index is 0.00000324. The van der Waals surface area contributed by atoms with Crippen molar-refractivity contribution in [3.8, 4) is 16.9 Å². The summed E-state index contributed by atoms with van der Waals surface area (Å²) in [5, 5.41) is 21.9. The molecule has 0 spiro atoms. The van der Waals surface area contributed by atoms with Crippen LogP contribution in [0.1, 0.15) is 0 Å². The number of non-ortho nitro benzene ring substituents is 1. The molecule has 1 N–H and O–H groups in total. The van der Waals surface area contributed by atoms with Crippen LogP contribution in [-0.2, 0) is 10.1 Å². The van der Waals surface area contributed by atoms with Crippen molar-refractivity contribution >= 4 is 27.2 Å². The van der Waals surface area contributed by atoms with Gasteiger partial charge in [0.2, 0.25) is 0 Å². The second-order valence-corrected chi connectivity index (χ2v) is 8.14. The summed E-state index contributed by atoms with van der Waals surface area (Å²) >= 11 is 0. The number of nitrogens with zero attached hydrogens (tertiary/aromatic N) is 4. The monoisotopic (exact) mass is 487 g/mol. The molecule has 4 rings (SSSR count). The Labute approximate surface area is 215 Å². The molecule has 166 valence electrons. The number of nitro benzene ring substituents is 1. The smallest absolute Gasteiger partial charge is 0.744 e. The zero-order valence-corrected chi connectivity index (χ0v) is 20.5. The zero-order chi connectivity index (χ0) is 23.6. The Morgan fingerprint density at radius 1 is 0.882 bits per heavy atom. The fourth-order valence-corrected chi connectivity index (χ4v) is 3.49. The molecule has 0 aliphatic rings. The molecule has 0 saturated carbocycles. The van der Waals surface area contributed by atoms with Crippen LogP contribution in [0, 0.1) is 10.1 Å². The van der Waals surface area contributed by atoms with Crippen molar-refractivity contribution in [2.24, 2.45) is 10.2 Å². The van der Waals surface area contributed by atoms with Crippen molar-refractivity contribution in [1.82, 2.24) is 9.78 Å². The van der Waals surface area contributed by atoms with Crippen molar-refractivity contribution < 1.29 is 47.5 Å². The van der Waals surface area contributed by atoms with Crippen molar-refractivity contribution in [3.63, 3.8) is 0 Å². The molecule has 4 aromatic rings. The fourth-order valence-electron chi connectivity index (χ4n) is 3.02. The number of hydrogen-bond donors (Lipinski definition) is 1. The normalized spacial score (nSPS) is 11.3. The van der Waals surface area contributed by atoms with Crippen LogP contribution in [0.3, 0.4) is 0 Å². The molecule has 0 fully saturated rings. The molecule has 1 aromatic heterocycles. The summed E-state index contributed by atoms with van der Waals surface area (Å²) in [6.07, 6.45) is 0. The molecule has 1 heterocycles. The van der Waals surface area contributed by atoms with Gasteiger partial charge in [-0.25, -0.2) is 13.1 Å². The minimum atomic E-state index is -4.60. The molecular weight excluding hydrogens is 473 g/mol. The van der Waals surface area contributed by atoms with Gasteiger partial charge in [0.15, 0.2) is 5.69 Å². The Bertz CT molecular complexity index is 1510. The summed E-state index contributed by atoms with van der Waals surface area (Å²) in [4.78, 5) is 23.1. The van der Waals surface area contributed by atoms with Crippen LogP contribution in [0.25, 0.3) is 16.9 Å². The van der Waals surface area contributed by atoms with Gasteiger partial charge in [-0.05, 0) is 48.5 Å². The Hall–Kier alpha value is -3.42. The maximum atomic E-state index is 13.1. The topological polar surface area (TPSA) is 163 Å². The molecule has 13 heteroatoms. The number of rotatable bonds is 6. The van der Waals surface area contributed by atoms with Crippen LogP contribution in [0.5, 0.6) is 0 Å². The van der Waals surface area contributed by atoms with Gasteiger partial charge in [0, 0.05) is 17.7 Å². The van der Waals surface area contributed by atoms with Crippen LogP contribution in [0.15, 0.2) is 98.8 Å². The van der Waals surface area contributed by atoms with E-state index in [2.05, 4.69) is 15.3 Å². The van der Waals surface area contributed by atoms with Crippen molar-refractivity contribution in [3.05, 3.63) is 99.3 Å². The van der Waals surface area contributed by atoms with E-state index in [1.807, 2.05) is 0 Å². The molecule has 0 bridgehead atoms. The minimum absolute atomic E-state index is 0. The van der Waals surface area contributed by atoms with E-state index in [1.165, 1.54) is 41.1 Å². The summed E-state index contributed by atoms with van der Waals surface area (Å²) in [5.74, 6) is 0. The van der Waals surface area contributed by atoms with E-state index < -0.39 is 25.5 Å². The quantitative estimate of drug-likeness (QED) is 0.141. The molecule has 11 nitrogen and oxygen atoms in total. The second-order valence-electron chi connectivity index (χ2n) is 6.76. The molecule has 3 aromatic carbocycles. The van der Waals surface area contributed by atoms with Gasteiger partial charge in [-0.15, -0.1) is 5.11 Å². The third-order valence-corrected chi connectivity index (χ3v) is 5.49. The molecule has 0 amide bonds. The third kappa shape index (κ3) is 5.38. The number of para-hydroxylation sites is 1. The van der Waals surface area contributed by atoms with E-state index in [4.69, 9.17) is 0 Å². The number of benzene rings is 3. The van der Waals surface area contributed by atoms with E-state index >= 15 is 0 Å². The van der Waals surface area contributed by atoms with E-state index in [0.29, 0.717) is 11.3 Å². The number of nitrogens with one attached hydrogen (secondary N) is 1. The van der Waals surface area contributed by atoms with Crippen molar-refractivity contribution in [2.75, 3.05) is 0 Å². The first-order valence-corrected chi connectivity index (χ1v) is 10.8. The van der Waals surface area contributed by atoms with Crippen LogP contribution in [0.4, 0.5) is 17.1 Å². The largest absolute Gasteiger partial charge is 1.00 e. The summed E-state index contributed by atoms with van der Waals surface area (Å²) in [6, 6.07) is 19.0. The molecule has 0 unspecified atom stereocenters. The van der Waals surface area contributed by atoms with Gasteiger partial charge in [-0.1, -0.05) is 18.2 Å². The van der Waals surface area contributed by atoms with Gasteiger partial charge in [0.1, 0.15) is 10.1 Å². The van der Waals surface area contributed by atoms with Gasteiger partial charge < -0.3 is 4.55 Å². The fraction of sp³-hybridized carbons (Fsp3) is 0. The summed E-state index contributed by atoms with van der Waals surface area (Å²) < 4.78 is 34.5. The second kappa shape index (κ2) is 10.2. The molecule has 0 aliphatic carbocycles. The number of azo groups is 1. The number of hydrogen-bond acceptors (Lipinski definition) is 8. The van der Waals surface area contributed by atoms with E-state index in [-0.39, 0.29) is 52.3 Å². The van der Waals surface area contributed by atoms with Gasteiger partial charge >= 0.3 is 29.6 Å². The maximum absolute atomic E-state index is 13.1. The Morgan fingerprint density at radius 2 is 1.50 bits per heavy atom. The molecule has 0 aliphatic heterocycles. The molecule has 0 saturated heterocycles. The molecule has 0 radical (unpaired) electrons. The standard InChI is InChI=1S/C21H15N5O6S.Na/c27-21-20(23-22-15-8-12-18(13-9-15)33(30,31)32)19(14-6-10-17(11-7-14)26(28)29)24-25(21)16-4-2-1-3-5-16;/h1-13,24H,(H,30,31,32);/q;+1/p-1. The first-order chi connectivity index (χ1) is 15.7. The third-order valence-electron chi connectivity index (χ3n) is 4.64. The average Bonchev–Trinajstić information content (AvgIpc) is 3.14. The van der Waals surface area contributed by atoms with Crippen molar-refractivity contribution in [1.29, 1.82) is 0 Å². The first-order valence-electron chi connectivity index (χ1n) is 9.37. The Kier molecular flexibility index (Phi) is 7.59. The van der Waals surface area contributed by atoms with Crippen molar-refractivity contribution in [2.45, 2.75) is 4.90 Å². The first kappa shape index (κ1) is 25.2. The number of H-pyrrole nitrogens is 1. The zero-order valence-electron chi connectivity index (χ0n) is 17.7. The molecular formula is C21H14N5NaO6S. The summed E-state index contributed by atoms with van der Waals surface area (Å²) in [6.45, 7) is 0. The summed E-state index contributed by atoms with van der Waals surface area (Å²) in [5.41, 5.74) is 0.807. The predicted octanol–water partition coefficient (Wildman–Crippen LogP) is 1.06.